The SMILES string of the molecule is Cc1c(N)ccc(/N=C2/C(O)=CC(=O)C(Nc3ccc(N)c(C)c3C)=C2CO)c1C. The molecule has 0 radical (unpaired) electrons. The van der Waals surface area contributed by atoms with E-state index in [4.69, 9.17) is 11.5 Å². The molecule has 1 aliphatic carbocycles. The zero-order chi connectivity index (χ0) is 22.2. The normalized spacial score (nSPS) is 15.6. The van der Waals surface area contributed by atoms with Gasteiger partial charge in [-0.3, -0.25) is 4.79 Å². The summed E-state index contributed by atoms with van der Waals surface area (Å²) in [6, 6.07) is 7.00. The predicted octanol–water partition coefficient (Wildman–Crippen LogP) is 3.54. The van der Waals surface area contributed by atoms with Gasteiger partial charge in [0.2, 0.25) is 5.78 Å². The largest absolute Gasteiger partial charge is 0.506 e. The number of anilines is 3. The number of nitrogen functional groups attached to an aromatic ring is 2. The Kier molecular flexibility index (Phi) is 5.67. The number of ketones is 1. The fourth-order valence-corrected chi connectivity index (χ4v) is 3.28. The van der Waals surface area contributed by atoms with Crippen molar-refractivity contribution in [3.8, 4) is 0 Å². The first-order valence-corrected chi connectivity index (χ1v) is 9.52. The number of nitrogens with two attached hydrogens (primary N) is 2. The van der Waals surface area contributed by atoms with Crippen molar-refractivity contribution in [2.75, 3.05) is 23.4 Å². The van der Waals surface area contributed by atoms with Crippen LogP contribution in [-0.2, 0) is 4.79 Å². The molecular formula is C23H26N4O3. The maximum atomic E-state index is 12.6. The summed E-state index contributed by atoms with van der Waals surface area (Å²) in [4.78, 5) is 17.2. The number of benzene rings is 2. The van der Waals surface area contributed by atoms with Crippen molar-refractivity contribution in [3.63, 3.8) is 0 Å². The van der Waals surface area contributed by atoms with Crippen molar-refractivity contribution in [1.82, 2.24) is 0 Å². The molecule has 0 aromatic heterocycles. The van der Waals surface area contributed by atoms with E-state index in [1.165, 1.54) is 0 Å². The second-order valence-electron chi connectivity index (χ2n) is 7.37. The van der Waals surface area contributed by atoms with Crippen molar-refractivity contribution < 1.29 is 15.0 Å². The summed E-state index contributed by atoms with van der Waals surface area (Å²) in [6.07, 6.45) is 1.10. The first-order chi connectivity index (χ1) is 14.1. The molecule has 2 aromatic carbocycles. The summed E-state index contributed by atoms with van der Waals surface area (Å²) < 4.78 is 0. The molecule has 1 aliphatic rings. The Labute approximate surface area is 175 Å². The van der Waals surface area contributed by atoms with Gasteiger partial charge in [0.15, 0.2) is 0 Å². The maximum Gasteiger partial charge on any atom is 0.206 e. The minimum atomic E-state index is -0.481. The summed E-state index contributed by atoms with van der Waals surface area (Å²) in [5.41, 5.74) is 18.5. The molecule has 2 aromatic rings. The molecule has 0 heterocycles. The fraction of sp³-hybridized carbons (Fsp3) is 0.217. The third kappa shape index (κ3) is 3.67. The highest BCUT2D eigenvalue weighted by atomic mass is 16.3. The van der Waals surface area contributed by atoms with Gasteiger partial charge in [-0.1, -0.05) is 0 Å². The number of hydrogen-bond acceptors (Lipinski definition) is 7. The Morgan fingerprint density at radius 3 is 2.17 bits per heavy atom. The molecule has 0 saturated heterocycles. The van der Waals surface area contributed by atoms with E-state index in [0.29, 0.717) is 22.7 Å². The lowest BCUT2D eigenvalue weighted by molar-refractivity contribution is -0.111. The number of carbonyl (C=O) groups is 1. The topological polar surface area (TPSA) is 134 Å². The first kappa shape index (κ1) is 21.1. The Morgan fingerprint density at radius 1 is 0.933 bits per heavy atom. The number of nitrogens with zero attached hydrogens (tertiary/aromatic N) is 1. The van der Waals surface area contributed by atoms with Crippen LogP contribution in [0.4, 0.5) is 22.7 Å². The molecule has 0 unspecified atom stereocenters. The molecule has 3 rings (SSSR count). The fourth-order valence-electron chi connectivity index (χ4n) is 3.28. The Bertz CT molecular complexity index is 1140. The second-order valence-corrected chi connectivity index (χ2v) is 7.37. The number of aliphatic hydroxyl groups excluding tert-OH is 2. The standard InChI is InChI=1S/C23H26N4O3/c1-11-13(3)18(7-5-16(11)24)26-22-15(10-28)23(21(30)9-20(22)29)27-19-8-6-17(25)12(2)14(19)4/h5-9,26,28,30H,10,24-25H2,1-4H3/b27-23+. The average molecular weight is 406 g/mol. The number of carbonyl (C=O) groups excluding carboxylic acids is 1. The molecule has 0 bridgehead atoms. The molecule has 0 spiro atoms. The van der Waals surface area contributed by atoms with Gasteiger partial charge in [-0.15, -0.1) is 0 Å². The van der Waals surface area contributed by atoms with Gasteiger partial charge in [-0.25, -0.2) is 4.99 Å². The highest BCUT2D eigenvalue weighted by Crippen LogP contribution is 2.31. The van der Waals surface area contributed by atoms with Crippen LogP contribution >= 0.6 is 0 Å². The van der Waals surface area contributed by atoms with Crippen LogP contribution in [0.3, 0.4) is 0 Å². The van der Waals surface area contributed by atoms with Gasteiger partial charge >= 0.3 is 0 Å². The van der Waals surface area contributed by atoms with E-state index in [9.17, 15) is 15.0 Å². The van der Waals surface area contributed by atoms with Crippen LogP contribution in [0.2, 0.25) is 0 Å². The highest BCUT2D eigenvalue weighted by molar-refractivity contribution is 6.25. The van der Waals surface area contributed by atoms with Crippen LogP contribution in [-0.4, -0.2) is 28.3 Å². The molecule has 0 amide bonds. The van der Waals surface area contributed by atoms with E-state index < -0.39 is 12.4 Å². The van der Waals surface area contributed by atoms with Gasteiger partial charge in [-0.05, 0) is 74.2 Å². The Morgan fingerprint density at radius 2 is 1.53 bits per heavy atom. The monoisotopic (exact) mass is 406 g/mol. The van der Waals surface area contributed by atoms with E-state index in [2.05, 4.69) is 10.3 Å². The number of nitrogens with one attached hydrogen (secondary N) is 1. The molecule has 0 atom stereocenters. The highest BCUT2D eigenvalue weighted by Gasteiger charge is 2.27. The zero-order valence-corrected chi connectivity index (χ0v) is 17.5. The third-order valence-corrected chi connectivity index (χ3v) is 5.62. The van der Waals surface area contributed by atoms with Gasteiger partial charge in [0, 0.05) is 28.7 Å². The minimum absolute atomic E-state index is 0.136. The van der Waals surface area contributed by atoms with Gasteiger partial charge in [0.05, 0.1) is 18.0 Å². The van der Waals surface area contributed by atoms with Crippen molar-refractivity contribution in [2.24, 2.45) is 4.99 Å². The summed E-state index contributed by atoms with van der Waals surface area (Å²) in [5.74, 6) is -0.747. The van der Waals surface area contributed by atoms with E-state index in [-0.39, 0.29) is 22.7 Å². The van der Waals surface area contributed by atoms with Crippen molar-refractivity contribution in [3.05, 3.63) is 69.6 Å². The summed E-state index contributed by atoms with van der Waals surface area (Å²) >= 11 is 0. The molecule has 0 fully saturated rings. The first-order valence-electron chi connectivity index (χ1n) is 9.52. The van der Waals surface area contributed by atoms with E-state index in [1.54, 1.807) is 24.3 Å². The van der Waals surface area contributed by atoms with Crippen LogP contribution < -0.4 is 16.8 Å². The van der Waals surface area contributed by atoms with Gasteiger partial charge < -0.3 is 27.0 Å². The van der Waals surface area contributed by atoms with E-state index in [1.807, 2.05) is 27.7 Å². The molecule has 0 aliphatic heterocycles. The summed E-state index contributed by atoms with van der Waals surface area (Å²) in [5, 5.41) is 23.6. The maximum absolute atomic E-state index is 12.6. The zero-order valence-electron chi connectivity index (χ0n) is 17.5. The van der Waals surface area contributed by atoms with Crippen LogP contribution in [0.25, 0.3) is 0 Å². The minimum Gasteiger partial charge on any atom is -0.506 e. The molecule has 0 saturated carbocycles. The Hall–Kier alpha value is -3.58. The summed E-state index contributed by atoms with van der Waals surface area (Å²) in [6.45, 7) is 7.07. The van der Waals surface area contributed by atoms with E-state index in [0.717, 1.165) is 28.3 Å². The number of hydrogen-bond donors (Lipinski definition) is 5. The Balaban J connectivity index is 2.14. The molecular weight excluding hydrogens is 380 g/mol. The lowest BCUT2D eigenvalue weighted by Crippen LogP contribution is -2.26. The number of aliphatic imine (C=N–C) groups is 1. The predicted molar refractivity (Wildman–Crippen MR) is 121 cm³/mol. The van der Waals surface area contributed by atoms with Gasteiger partial charge in [0.25, 0.3) is 0 Å². The lowest BCUT2D eigenvalue weighted by atomic mass is 9.96. The molecule has 156 valence electrons. The third-order valence-electron chi connectivity index (χ3n) is 5.62. The smallest absolute Gasteiger partial charge is 0.206 e. The van der Waals surface area contributed by atoms with Crippen molar-refractivity contribution in [1.29, 1.82) is 0 Å². The second kappa shape index (κ2) is 8.04. The van der Waals surface area contributed by atoms with Crippen LogP contribution in [0.15, 0.2) is 52.4 Å². The number of rotatable bonds is 4. The van der Waals surface area contributed by atoms with Crippen molar-refractivity contribution >= 4 is 34.2 Å². The molecule has 30 heavy (non-hydrogen) atoms. The number of allylic oxidation sites excluding steroid dienone is 2. The molecule has 7 nitrogen and oxygen atoms in total. The van der Waals surface area contributed by atoms with E-state index >= 15 is 0 Å². The van der Waals surface area contributed by atoms with Gasteiger partial charge in [0.1, 0.15) is 11.5 Å². The quantitative estimate of drug-likeness (QED) is 0.389. The molecule has 7 N–H and O–H groups in total. The van der Waals surface area contributed by atoms with Crippen LogP contribution in [0.5, 0.6) is 0 Å². The lowest BCUT2D eigenvalue weighted by Gasteiger charge is -2.21. The van der Waals surface area contributed by atoms with Crippen LogP contribution in [0, 0.1) is 27.7 Å². The average Bonchev–Trinajstić information content (AvgIpc) is 2.71. The number of aliphatic hydroxyl groups is 2. The van der Waals surface area contributed by atoms with Crippen LogP contribution in [0.1, 0.15) is 22.3 Å². The van der Waals surface area contributed by atoms with Crippen molar-refractivity contribution in [2.45, 2.75) is 27.7 Å². The van der Waals surface area contributed by atoms with Gasteiger partial charge in [-0.2, -0.15) is 0 Å². The summed E-state index contributed by atoms with van der Waals surface area (Å²) in [7, 11) is 0. The molecule has 7 heteroatoms.